The number of fused-ring (bicyclic) bond motifs is 1. The van der Waals surface area contributed by atoms with E-state index in [0.29, 0.717) is 23.3 Å². The Balaban J connectivity index is 1.38. The number of ether oxygens (including phenoxy) is 2. The van der Waals surface area contributed by atoms with Gasteiger partial charge in [-0.1, -0.05) is 25.5 Å². The first kappa shape index (κ1) is 19.3. The van der Waals surface area contributed by atoms with Gasteiger partial charge in [0.2, 0.25) is 5.89 Å². The highest BCUT2D eigenvalue weighted by atomic mass is 16.5. The molecule has 1 amide bonds. The van der Waals surface area contributed by atoms with Crippen LogP contribution in [0.25, 0.3) is 10.8 Å². The first-order chi connectivity index (χ1) is 14.2. The minimum Gasteiger partial charge on any atom is -0.497 e. The SMILES string of the molecule is CCC[C@@H]1CCN(C(=O)c2coc(COc3ccc4ccc(OC)cc4c3)n2)C1. The van der Waals surface area contributed by atoms with E-state index in [1.54, 1.807) is 7.11 Å². The lowest BCUT2D eigenvalue weighted by atomic mass is 10.0. The molecule has 1 aliphatic heterocycles. The Hall–Kier alpha value is -3.02. The third kappa shape index (κ3) is 4.36. The maximum absolute atomic E-state index is 12.6. The lowest BCUT2D eigenvalue weighted by molar-refractivity contribution is 0.0780. The first-order valence-corrected chi connectivity index (χ1v) is 10.1. The predicted octanol–water partition coefficient (Wildman–Crippen LogP) is 4.68. The second-order valence-electron chi connectivity index (χ2n) is 7.48. The van der Waals surface area contributed by atoms with E-state index in [0.717, 1.165) is 42.5 Å². The van der Waals surface area contributed by atoms with Crippen LogP contribution in [0.3, 0.4) is 0 Å². The molecule has 0 aliphatic carbocycles. The van der Waals surface area contributed by atoms with Crippen molar-refractivity contribution in [2.75, 3.05) is 20.2 Å². The molecule has 152 valence electrons. The highest BCUT2D eigenvalue weighted by Gasteiger charge is 2.28. The van der Waals surface area contributed by atoms with Crippen molar-refractivity contribution in [3.63, 3.8) is 0 Å². The summed E-state index contributed by atoms with van der Waals surface area (Å²) in [5.74, 6) is 2.44. The zero-order valence-corrected chi connectivity index (χ0v) is 16.9. The zero-order chi connectivity index (χ0) is 20.2. The number of rotatable bonds is 7. The van der Waals surface area contributed by atoms with Gasteiger partial charge in [-0.2, -0.15) is 0 Å². The number of methoxy groups -OCH3 is 1. The number of hydrogen-bond acceptors (Lipinski definition) is 5. The van der Waals surface area contributed by atoms with Crippen molar-refractivity contribution in [2.45, 2.75) is 32.8 Å². The van der Waals surface area contributed by atoms with Gasteiger partial charge in [0, 0.05) is 13.1 Å². The number of amides is 1. The Morgan fingerprint density at radius 2 is 2.00 bits per heavy atom. The van der Waals surface area contributed by atoms with Gasteiger partial charge in [-0.05, 0) is 53.8 Å². The first-order valence-electron chi connectivity index (χ1n) is 10.1. The van der Waals surface area contributed by atoms with Gasteiger partial charge in [-0.3, -0.25) is 4.79 Å². The molecule has 6 nitrogen and oxygen atoms in total. The van der Waals surface area contributed by atoms with Gasteiger partial charge in [0.1, 0.15) is 17.8 Å². The van der Waals surface area contributed by atoms with Gasteiger partial charge >= 0.3 is 0 Å². The Morgan fingerprint density at radius 1 is 1.21 bits per heavy atom. The molecule has 2 aromatic carbocycles. The van der Waals surface area contributed by atoms with Crippen molar-refractivity contribution in [2.24, 2.45) is 5.92 Å². The molecule has 1 aromatic heterocycles. The van der Waals surface area contributed by atoms with Gasteiger partial charge in [0.05, 0.1) is 7.11 Å². The van der Waals surface area contributed by atoms with Gasteiger partial charge in [0.25, 0.3) is 5.91 Å². The summed E-state index contributed by atoms with van der Waals surface area (Å²) in [7, 11) is 1.65. The second-order valence-corrected chi connectivity index (χ2v) is 7.48. The Labute approximate surface area is 170 Å². The zero-order valence-electron chi connectivity index (χ0n) is 16.9. The summed E-state index contributed by atoms with van der Waals surface area (Å²) in [6.45, 7) is 3.95. The number of carbonyl (C=O) groups excluding carboxylic acids is 1. The molecule has 6 heteroatoms. The van der Waals surface area contributed by atoms with E-state index in [1.807, 2.05) is 41.3 Å². The van der Waals surface area contributed by atoms with Crippen LogP contribution in [-0.4, -0.2) is 36.0 Å². The number of aromatic nitrogens is 1. The minimum atomic E-state index is -0.0589. The van der Waals surface area contributed by atoms with Crippen molar-refractivity contribution >= 4 is 16.7 Å². The van der Waals surface area contributed by atoms with E-state index in [-0.39, 0.29) is 12.5 Å². The molecule has 1 aliphatic rings. The molecule has 4 rings (SSSR count). The van der Waals surface area contributed by atoms with Crippen LogP contribution >= 0.6 is 0 Å². The average Bonchev–Trinajstić information content (AvgIpc) is 3.41. The summed E-state index contributed by atoms with van der Waals surface area (Å²) in [4.78, 5) is 18.8. The van der Waals surface area contributed by atoms with Crippen LogP contribution in [0, 0.1) is 5.92 Å². The highest BCUT2D eigenvalue weighted by molar-refractivity contribution is 5.92. The predicted molar refractivity (Wildman–Crippen MR) is 110 cm³/mol. The number of nitrogens with zero attached hydrogens (tertiary/aromatic N) is 2. The number of carbonyl (C=O) groups is 1. The van der Waals surface area contributed by atoms with Crippen LogP contribution in [0.4, 0.5) is 0 Å². The van der Waals surface area contributed by atoms with Gasteiger partial charge in [-0.15, -0.1) is 0 Å². The van der Waals surface area contributed by atoms with E-state index in [1.165, 1.54) is 12.7 Å². The largest absolute Gasteiger partial charge is 0.497 e. The van der Waals surface area contributed by atoms with Crippen molar-refractivity contribution in [3.8, 4) is 11.5 Å². The quantitative estimate of drug-likeness (QED) is 0.582. The second kappa shape index (κ2) is 8.55. The molecule has 29 heavy (non-hydrogen) atoms. The molecule has 3 aromatic rings. The van der Waals surface area contributed by atoms with Crippen LogP contribution < -0.4 is 9.47 Å². The van der Waals surface area contributed by atoms with E-state index in [2.05, 4.69) is 11.9 Å². The van der Waals surface area contributed by atoms with E-state index >= 15 is 0 Å². The summed E-state index contributed by atoms with van der Waals surface area (Å²) in [6.07, 6.45) is 4.82. The number of oxazole rings is 1. The summed E-state index contributed by atoms with van der Waals surface area (Å²) in [5, 5.41) is 2.13. The molecule has 0 saturated carbocycles. The van der Waals surface area contributed by atoms with E-state index in [4.69, 9.17) is 13.9 Å². The fourth-order valence-electron chi connectivity index (χ4n) is 3.86. The molecule has 1 fully saturated rings. The van der Waals surface area contributed by atoms with E-state index in [9.17, 15) is 4.79 Å². The molecule has 1 saturated heterocycles. The number of benzene rings is 2. The number of hydrogen-bond donors (Lipinski definition) is 0. The smallest absolute Gasteiger partial charge is 0.275 e. The molecule has 0 N–H and O–H groups in total. The summed E-state index contributed by atoms with van der Waals surface area (Å²) in [6, 6.07) is 11.7. The maximum Gasteiger partial charge on any atom is 0.275 e. The Bertz CT molecular complexity index is 997. The van der Waals surface area contributed by atoms with Crippen LogP contribution in [0.5, 0.6) is 11.5 Å². The average molecular weight is 394 g/mol. The third-order valence-corrected chi connectivity index (χ3v) is 5.42. The van der Waals surface area contributed by atoms with Gasteiger partial charge in [-0.25, -0.2) is 4.98 Å². The summed E-state index contributed by atoms with van der Waals surface area (Å²) >= 11 is 0. The minimum absolute atomic E-state index is 0.0589. The van der Waals surface area contributed by atoms with Crippen LogP contribution in [-0.2, 0) is 6.61 Å². The molecule has 0 spiro atoms. The molecule has 0 bridgehead atoms. The van der Waals surface area contributed by atoms with Crippen LogP contribution in [0.2, 0.25) is 0 Å². The van der Waals surface area contributed by atoms with Crippen LogP contribution in [0.15, 0.2) is 47.1 Å². The standard InChI is InChI=1S/C23H26N2O4/c1-3-4-16-9-10-25(13-16)23(26)21-14-29-22(24-21)15-28-20-8-6-17-5-7-19(27-2)11-18(17)12-20/h5-8,11-12,14,16H,3-4,9-10,13,15H2,1-2H3/t16-/m1/s1. The fourth-order valence-corrected chi connectivity index (χ4v) is 3.86. The van der Waals surface area contributed by atoms with Gasteiger partial charge in [0.15, 0.2) is 12.3 Å². The molecule has 2 heterocycles. The molecular weight excluding hydrogens is 368 g/mol. The molecule has 1 atom stereocenters. The van der Waals surface area contributed by atoms with Crippen molar-refractivity contribution in [3.05, 3.63) is 54.2 Å². The lowest BCUT2D eigenvalue weighted by Crippen LogP contribution is -2.29. The summed E-state index contributed by atoms with van der Waals surface area (Å²) in [5.41, 5.74) is 0.351. The molecule has 0 radical (unpaired) electrons. The monoisotopic (exact) mass is 394 g/mol. The van der Waals surface area contributed by atoms with Crippen molar-refractivity contribution in [1.29, 1.82) is 0 Å². The Morgan fingerprint density at radius 3 is 2.79 bits per heavy atom. The maximum atomic E-state index is 12.6. The van der Waals surface area contributed by atoms with Crippen LogP contribution in [0.1, 0.15) is 42.6 Å². The normalized spacial score (nSPS) is 16.3. The highest BCUT2D eigenvalue weighted by Crippen LogP contribution is 2.26. The summed E-state index contributed by atoms with van der Waals surface area (Å²) < 4.78 is 16.6. The number of likely N-dealkylation sites (tertiary alicyclic amines) is 1. The Kier molecular flexibility index (Phi) is 5.69. The van der Waals surface area contributed by atoms with Gasteiger partial charge < -0.3 is 18.8 Å². The lowest BCUT2D eigenvalue weighted by Gasteiger charge is -2.14. The van der Waals surface area contributed by atoms with Crippen molar-refractivity contribution < 1.29 is 18.7 Å². The van der Waals surface area contributed by atoms with Crippen molar-refractivity contribution in [1.82, 2.24) is 9.88 Å². The topological polar surface area (TPSA) is 64.8 Å². The third-order valence-electron chi connectivity index (χ3n) is 5.42. The van der Waals surface area contributed by atoms with E-state index < -0.39 is 0 Å². The molecule has 0 unspecified atom stereocenters. The molecular formula is C23H26N2O4. The fraction of sp³-hybridized carbons (Fsp3) is 0.391.